The first-order valence-corrected chi connectivity index (χ1v) is 15.6. The van der Waals surface area contributed by atoms with Gasteiger partial charge in [0.25, 0.3) is 0 Å². The van der Waals surface area contributed by atoms with Crippen molar-refractivity contribution in [2.45, 2.75) is 110 Å². The van der Waals surface area contributed by atoms with Gasteiger partial charge >= 0.3 is 0 Å². The Balaban J connectivity index is 0.00000112. The SMILES string of the molecule is C=C(C(C)/C1=C(\NC)CCCCCC1)N1CCCC[C@H]1c1cc2nc(N3CC[C@H](N)C3)c(C)cn2n1.CCC. The smallest absolute Gasteiger partial charge is 0.157 e. The average molecular weight is 536 g/mol. The number of likely N-dealkylation sites (tertiary alicyclic amines) is 1. The molecule has 0 spiro atoms. The number of nitrogens with one attached hydrogen (secondary N) is 1. The lowest BCUT2D eigenvalue weighted by atomic mass is 9.86. The third-order valence-electron chi connectivity index (χ3n) is 8.70. The van der Waals surface area contributed by atoms with Crippen LogP contribution in [0.3, 0.4) is 0 Å². The van der Waals surface area contributed by atoms with Crippen molar-refractivity contribution < 1.29 is 0 Å². The van der Waals surface area contributed by atoms with Crippen LogP contribution in [0.5, 0.6) is 0 Å². The molecule has 3 aliphatic rings. The van der Waals surface area contributed by atoms with Crippen molar-refractivity contribution in [1.29, 1.82) is 0 Å². The van der Waals surface area contributed by atoms with Gasteiger partial charge in [0, 0.05) is 67.9 Å². The second-order valence-electron chi connectivity index (χ2n) is 11.9. The molecule has 2 aliphatic heterocycles. The molecule has 2 aromatic rings. The molecule has 2 saturated heterocycles. The molecule has 5 rings (SSSR count). The predicted molar refractivity (Wildman–Crippen MR) is 164 cm³/mol. The number of nitrogens with two attached hydrogens (primary N) is 1. The van der Waals surface area contributed by atoms with Crippen LogP contribution in [0.25, 0.3) is 5.65 Å². The molecule has 3 N–H and O–H groups in total. The van der Waals surface area contributed by atoms with E-state index in [1.54, 1.807) is 5.57 Å². The van der Waals surface area contributed by atoms with Crippen molar-refractivity contribution in [3.8, 4) is 0 Å². The minimum atomic E-state index is 0.239. The summed E-state index contributed by atoms with van der Waals surface area (Å²) in [4.78, 5) is 9.92. The van der Waals surface area contributed by atoms with E-state index in [-0.39, 0.29) is 12.1 Å². The molecule has 0 saturated carbocycles. The molecule has 2 aromatic heterocycles. The van der Waals surface area contributed by atoms with Gasteiger partial charge in [-0.15, -0.1) is 0 Å². The fraction of sp³-hybridized carbons (Fsp3) is 0.688. The first-order chi connectivity index (χ1) is 18.9. The van der Waals surface area contributed by atoms with Gasteiger partial charge in [-0.05, 0) is 63.9 Å². The number of anilines is 1. The van der Waals surface area contributed by atoms with Crippen molar-refractivity contribution >= 4 is 11.5 Å². The Kier molecular flexibility index (Phi) is 10.3. The molecule has 4 heterocycles. The quantitative estimate of drug-likeness (QED) is 0.440. The zero-order chi connectivity index (χ0) is 27.9. The Hall–Kier alpha value is -2.54. The predicted octanol–water partition coefficient (Wildman–Crippen LogP) is 6.50. The first kappa shape index (κ1) is 29.4. The summed E-state index contributed by atoms with van der Waals surface area (Å²) in [6.07, 6.45) is 15.5. The van der Waals surface area contributed by atoms with E-state index in [4.69, 9.17) is 15.8 Å². The Morgan fingerprint density at radius 3 is 2.54 bits per heavy atom. The van der Waals surface area contributed by atoms with E-state index in [2.05, 4.69) is 68.7 Å². The number of hydrogen-bond donors (Lipinski definition) is 2. The van der Waals surface area contributed by atoms with E-state index >= 15 is 0 Å². The van der Waals surface area contributed by atoms with E-state index in [0.29, 0.717) is 5.92 Å². The van der Waals surface area contributed by atoms with Crippen molar-refractivity contribution in [1.82, 2.24) is 24.8 Å². The van der Waals surface area contributed by atoms with E-state index in [0.717, 1.165) is 61.6 Å². The zero-order valence-corrected chi connectivity index (χ0v) is 25.3. The van der Waals surface area contributed by atoms with Gasteiger partial charge in [0.05, 0.1) is 11.7 Å². The molecule has 3 atom stereocenters. The summed E-state index contributed by atoms with van der Waals surface area (Å²) >= 11 is 0. The molecule has 1 aliphatic carbocycles. The average Bonchev–Trinajstić information content (AvgIpc) is 3.53. The fourth-order valence-corrected chi connectivity index (χ4v) is 6.56. The van der Waals surface area contributed by atoms with Crippen molar-refractivity contribution in [3.05, 3.63) is 47.1 Å². The van der Waals surface area contributed by atoms with Crippen LogP contribution in [-0.2, 0) is 0 Å². The van der Waals surface area contributed by atoms with Crippen molar-refractivity contribution in [3.63, 3.8) is 0 Å². The third-order valence-corrected chi connectivity index (χ3v) is 8.70. The van der Waals surface area contributed by atoms with Crippen LogP contribution in [0.15, 0.2) is 35.8 Å². The number of allylic oxidation sites excluding steroid dienone is 2. The third kappa shape index (κ3) is 6.79. The fourth-order valence-electron chi connectivity index (χ4n) is 6.56. The maximum atomic E-state index is 6.17. The van der Waals surface area contributed by atoms with Gasteiger partial charge in [-0.2, -0.15) is 5.10 Å². The lowest BCUT2D eigenvalue weighted by molar-refractivity contribution is 0.178. The van der Waals surface area contributed by atoms with Crippen molar-refractivity contribution in [2.75, 3.05) is 31.6 Å². The molecule has 39 heavy (non-hydrogen) atoms. The molecule has 0 bridgehead atoms. The molecule has 0 aromatic carbocycles. The summed E-state index contributed by atoms with van der Waals surface area (Å²) < 4.78 is 1.97. The second kappa shape index (κ2) is 13.7. The van der Waals surface area contributed by atoms with Gasteiger partial charge in [0.1, 0.15) is 5.82 Å². The van der Waals surface area contributed by atoms with Gasteiger partial charge < -0.3 is 20.9 Å². The molecule has 0 amide bonds. The number of aryl methyl sites for hydroxylation is 1. The topological polar surface area (TPSA) is 74.7 Å². The monoisotopic (exact) mass is 535 g/mol. The van der Waals surface area contributed by atoms with Gasteiger partial charge in [0.15, 0.2) is 5.65 Å². The standard InChI is InChI=1S/C29H45N7.C3H8/c1-20-18-36-28(32-29(20)34-16-14-23(30)19-34)17-26(33-36)27-13-9-10-15-35(27)22(3)21(2)24-11-7-5-6-8-12-25(24)31-4;1-3-2/h17-18,21,23,27,31H,3,5-16,19,30H2,1-2,4H3;3H2,1-2H3/b25-24-;/t21?,23-,27-;/m0./s1. The van der Waals surface area contributed by atoms with E-state index in [1.165, 1.54) is 62.8 Å². The first-order valence-electron chi connectivity index (χ1n) is 15.6. The Morgan fingerprint density at radius 1 is 1.10 bits per heavy atom. The summed E-state index contributed by atoms with van der Waals surface area (Å²) in [5, 5.41) is 8.59. The highest BCUT2D eigenvalue weighted by atomic mass is 15.3. The lowest BCUT2D eigenvalue weighted by Crippen LogP contribution is -2.35. The van der Waals surface area contributed by atoms with Gasteiger partial charge in [-0.3, -0.25) is 0 Å². The van der Waals surface area contributed by atoms with Crippen LogP contribution in [0.4, 0.5) is 5.82 Å². The zero-order valence-electron chi connectivity index (χ0n) is 25.3. The van der Waals surface area contributed by atoms with Gasteiger partial charge in [0.2, 0.25) is 0 Å². The maximum Gasteiger partial charge on any atom is 0.157 e. The maximum absolute atomic E-state index is 6.17. The normalized spacial score (nSPS) is 25.1. The highest BCUT2D eigenvalue weighted by Crippen LogP contribution is 2.39. The van der Waals surface area contributed by atoms with E-state index in [9.17, 15) is 0 Å². The van der Waals surface area contributed by atoms with Crippen LogP contribution in [0, 0.1) is 12.8 Å². The molecule has 216 valence electrons. The van der Waals surface area contributed by atoms with Gasteiger partial charge in [-0.1, -0.05) is 46.6 Å². The summed E-state index contributed by atoms with van der Waals surface area (Å²) in [6.45, 7) is 16.3. The summed E-state index contributed by atoms with van der Waals surface area (Å²) in [6, 6.07) is 2.70. The summed E-state index contributed by atoms with van der Waals surface area (Å²) in [5.74, 6) is 1.39. The molecule has 2 fully saturated rings. The highest BCUT2D eigenvalue weighted by Gasteiger charge is 2.31. The molecular formula is C32H53N7. The molecule has 7 heteroatoms. The van der Waals surface area contributed by atoms with Crippen LogP contribution < -0.4 is 16.0 Å². The van der Waals surface area contributed by atoms with E-state index in [1.807, 2.05) is 4.52 Å². The molecule has 1 unspecified atom stereocenters. The Labute approximate surface area is 236 Å². The largest absolute Gasteiger partial charge is 0.391 e. The van der Waals surface area contributed by atoms with Gasteiger partial charge in [-0.25, -0.2) is 9.50 Å². The number of fused-ring (bicyclic) bond motifs is 1. The van der Waals surface area contributed by atoms with Crippen LogP contribution in [0.2, 0.25) is 0 Å². The lowest BCUT2D eigenvalue weighted by Gasteiger charge is -2.41. The Morgan fingerprint density at radius 2 is 1.85 bits per heavy atom. The van der Waals surface area contributed by atoms with Crippen LogP contribution in [0.1, 0.15) is 109 Å². The van der Waals surface area contributed by atoms with Crippen molar-refractivity contribution in [2.24, 2.45) is 11.7 Å². The summed E-state index contributed by atoms with van der Waals surface area (Å²) in [7, 11) is 2.09. The number of nitrogens with zero attached hydrogens (tertiary/aromatic N) is 5. The van der Waals surface area contributed by atoms with Crippen LogP contribution >= 0.6 is 0 Å². The second-order valence-corrected chi connectivity index (χ2v) is 11.9. The highest BCUT2D eigenvalue weighted by molar-refractivity contribution is 5.54. The molecular weight excluding hydrogens is 482 g/mol. The minimum absolute atomic E-state index is 0.239. The number of rotatable bonds is 6. The van der Waals surface area contributed by atoms with Crippen LogP contribution in [-0.4, -0.2) is 52.2 Å². The van der Waals surface area contributed by atoms with E-state index < -0.39 is 0 Å². The molecule has 7 nitrogen and oxygen atoms in total. The number of piperidine rings is 1. The number of aromatic nitrogens is 3. The molecule has 0 radical (unpaired) electrons. The Bertz CT molecular complexity index is 1130. The number of hydrogen-bond acceptors (Lipinski definition) is 6. The minimum Gasteiger partial charge on any atom is -0.391 e. The summed E-state index contributed by atoms with van der Waals surface area (Å²) in [5.41, 5.74) is 13.6.